The number of rotatable bonds is 7. The Bertz CT molecular complexity index is 349. The average Bonchev–Trinajstić information content (AvgIpc) is 2.39. The highest BCUT2D eigenvalue weighted by Crippen LogP contribution is 2.17. The molecule has 0 aliphatic rings. The summed E-state index contributed by atoms with van der Waals surface area (Å²) < 4.78 is 0. The second-order valence-electron chi connectivity index (χ2n) is 4.05. The molecule has 5 nitrogen and oxygen atoms in total. The van der Waals surface area contributed by atoms with Crippen LogP contribution in [0, 0.1) is 0 Å². The molecule has 0 saturated heterocycles. The minimum Gasteiger partial charge on any atom is -0.395 e. The first-order chi connectivity index (χ1) is 8.64. The summed E-state index contributed by atoms with van der Waals surface area (Å²) in [4.78, 5) is 8.78. The summed E-state index contributed by atoms with van der Waals surface area (Å²) in [6, 6.07) is 2.03. The van der Waals surface area contributed by atoms with Crippen LogP contribution in [0.3, 0.4) is 0 Å². The van der Waals surface area contributed by atoms with Gasteiger partial charge in [0.05, 0.1) is 6.61 Å². The van der Waals surface area contributed by atoms with Crippen LogP contribution in [0.1, 0.15) is 19.7 Å². The number of aliphatic hydroxyl groups excluding tert-OH is 1. The normalized spacial score (nSPS) is 14.1. The van der Waals surface area contributed by atoms with Gasteiger partial charge in [0.25, 0.3) is 0 Å². The molecule has 102 valence electrons. The molecule has 0 spiro atoms. The lowest BCUT2D eigenvalue weighted by Crippen LogP contribution is -2.31. The van der Waals surface area contributed by atoms with Crippen LogP contribution in [0.5, 0.6) is 0 Å². The second-order valence-corrected chi connectivity index (χ2v) is 5.12. The first kappa shape index (κ1) is 15.0. The molecule has 1 aromatic rings. The predicted molar refractivity (Wildman–Crippen MR) is 78.4 cm³/mol. The second kappa shape index (κ2) is 7.43. The molecule has 2 atom stereocenters. The number of nitrogens with zero attached hydrogens (tertiary/aromatic N) is 2. The zero-order chi connectivity index (χ0) is 13.5. The van der Waals surface area contributed by atoms with E-state index in [9.17, 15) is 5.11 Å². The Morgan fingerprint density at radius 3 is 2.56 bits per heavy atom. The van der Waals surface area contributed by atoms with Crippen molar-refractivity contribution in [1.29, 1.82) is 0 Å². The molecule has 18 heavy (non-hydrogen) atoms. The number of hydrogen-bond acceptors (Lipinski definition) is 6. The van der Waals surface area contributed by atoms with Crippen LogP contribution in [0.25, 0.3) is 0 Å². The topological polar surface area (TPSA) is 70.1 Å². The Labute approximate surface area is 113 Å². The minimum absolute atomic E-state index is 0.148. The molecule has 1 heterocycles. The maximum Gasteiger partial charge on any atom is 0.132 e. The van der Waals surface area contributed by atoms with Crippen LogP contribution in [0.2, 0.25) is 0 Å². The Balaban J connectivity index is 2.82. The van der Waals surface area contributed by atoms with Gasteiger partial charge in [-0.25, -0.2) is 9.97 Å². The van der Waals surface area contributed by atoms with Crippen molar-refractivity contribution in [2.45, 2.75) is 31.6 Å². The number of aromatic nitrogens is 2. The van der Waals surface area contributed by atoms with Crippen molar-refractivity contribution in [2.75, 3.05) is 30.5 Å². The van der Waals surface area contributed by atoms with E-state index in [1.54, 1.807) is 11.8 Å². The summed E-state index contributed by atoms with van der Waals surface area (Å²) >= 11 is 1.65. The largest absolute Gasteiger partial charge is 0.395 e. The van der Waals surface area contributed by atoms with Gasteiger partial charge in [-0.3, -0.25) is 0 Å². The number of aliphatic hydroxyl groups is 1. The highest BCUT2D eigenvalue weighted by molar-refractivity contribution is 7.99. The lowest BCUT2D eigenvalue weighted by atomic mass is 10.2. The molecule has 0 radical (unpaired) electrons. The van der Waals surface area contributed by atoms with Gasteiger partial charge in [0, 0.05) is 30.8 Å². The third-order valence-electron chi connectivity index (χ3n) is 2.76. The molecule has 2 unspecified atom stereocenters. The highest BCUT2D eigenvalue weighted by Gasteiger charge is 2.15. The van der Waals surface area contributed by atoms with E-state index in [0.29, 0.717) is 0 Å². The monoisotopic (exact) mass is 270 g/mol. The first-order valence-electron chi connectivity index (χ1n) is 6.10. The van der Waals surface area contributed by atoms with E-state index in [4.69, 9.17) is 0 Å². The van der Waals surface area contributed by atoms with E-state index in [2.05, 4.69) is 20.6 Å². The summed E-state index contributed by atoms with van der Waals surface area (Å²) in [5.41, 5.74) is 0. The van der Waals surface area contributed by atoms with Gasteiger partial charge in [0.15, 0.2) is 0 Å². The van der Waals surface area contributed by atoms with Crippen molar-refractivity contribution in [2.24, 2.45) is 0 Å². The van der Waals surface area contributed by atoms with Gasteiger partial charge < -0.3 is 15.7 Å². The van der Waals surface area contributed by atoms with Crippen molar-refractivity contribution >= 4 is 23.4 Å². The number of hydrogen-bond donors (Lipinski definition) is 3. The molecule has 1 rings (SSSR count). The van der Waals surface area contributed by atoms with Gasteiger partial charge in [-0.1, -0.05) is 6.92 Å². The van der Waals surface area contributed by atoms with E-state index >= 15 is 0 Å². The summed E-state index contributed by atoms with van der Waals surface area (Å²) in [5, 5.41) is 15.8. The van der Waals surface area contributed by atoms with E-state index in [0.717, 1.165) is 23.9 Å². The van der Waals surface area contributed by atoms with Crippen LogP contribution < -0.4 is 10.6 Å². The molecule has 0 fully saturated rings. The predicted octanol–water partition coefficient (Wildman–Crippen LogP) is 1.60. The highest BCUT2D eigenvalue weighted by atomic mass is 32.2. The molecule has 0 amide bonds. The zero-order valence-electron chi connectivity index (χ0n) is 11.4. The van der Waals surface area contributed by atoms with Crippen molar-refractivity contribution in [3.63, 3.8) is 0 Å². The maximum atomic E-state index is 9.27. The molecule has 0 aliphatic heterocycles. The molecule has 3 N–H and O–H groups in total. The Hall–Kier alpha value is -1.01. The van der Waals surface area contributed by atoms with Crippen molar-refractivity contribution in [1.82, 2.24) is 9.97 Å². The SMILES string of the molecule is CCc1nc(NC)cc(NC(C)C(CO)SC)n1. The Kier molecular flexibility index (Phi) is 6.21. The first-order valence-corrected chi connectivity index (χ1v) is 7.39. The van der Waals surface area contributed by atoms with Crippen molar-refractivity contribution in [3.05, 3.63) is 11.9 Å². The summed E-state index contributed by atoms with van der Waals surface area (Å²) in [7, 11) is 1.84. The molecule has 0 aliphatic carbocycles. The van der Waals surface area contributed by atoms with Crippen molar-refractivity contribution in [3.8, 4) is 0 Å². The zero-order valence-corrected chi connectivity index (χ0v) is 12.2. The Morgan fingerprint density at radius 2 is 2.06 bits per heavy atom. The van der Waals surface area contributed by atoms with Gasteiger partial charge in [-0.05, 0) is 13.2 Å². The van der Waals surface area contributed by atoms with Crippen LogP contribution in [0.15, 0.2) is 6.07 Å². The summed E-state index contributed by atoms with van der Waals surface area (Å²) in [5.74, 6) is 2.41. The standard InChI is InChI=1S/C12H22N4OS/c1-5-10-15-11(13-3)6-12(16-10)14-8(2)9(7-17)18-4/h6,8-9,17H,5,7H2,1-4H3,(H2,13,14,15,16). The Morgan fingerprint density at radius 1 is 1.39 bits per heavy atom. The van der Waals surface area contributed by atoms with Gasteiger partial charge in [0.2, 0.25) is 0 Å². The maximum absolute atomic E-state index is 9.27. The molecule has 0 aromatic carbocycles. The molecule has 6 heteroatoms. The lowest BCUT2D eigenvalue weighted by Gasteiger charge is -2.22. The average molecular weight is 270 g/mol. The molecule has 0 bridgehead atoms. The molecule has 1 aromatic heterocycles. The van der Waals surface area contributed by atoms with E-state index in [1.165, 1.54) is 0 Å². The van der Waals surface area contributed by atoms with E-state index < -0.39 is 0 Å². The summed E-state index contributed by atoms with van der Waals surface area (Å²) in [6.07, 6.45) is 2.79. The fourth-order valence-electron chi connectivity index (χ4n) is 1.62. The fourth-order valence-corrected chi connectivity index (χ4v) is 2.25. The van der Waals surface area contributed by atoms with Gasteiger partial charge in [0.1, 0.15) is 17.5 Å². The van der Waals surface area contributed by atoms with Crippen LogP contribution in [-0.2, 0) is 6.42 Å². The van der Waals surface area contributed by atoms with Crippen LogP contribution >= 0.6 is 11.8 Å². The molecule has 0 saturated carbocycles. The van der Waals surface area contributed by atoms with Crippen LogP contribution in [-0.4, -0.2) is 46.3 Å². The van der Waals surface area contributed by atoms with Crippen LogP contribution in [0.4, 0.5) is 11.6 Å². The number of nitrogens with one attached hydrogen (secondary N) is 2. The number of aryl methyl sites for hydroxylation is 1. The third-order valence-corrected chi connectivity index (χ3v) is 3.92. The smallest absolute Gasteiger partial charge is 0.132 e. The van der Waals surface area contributed by atoms with E-state index in [-0.39, 0.29) is 17.9 Å². The molecular formula is C12H22N4OS. The van der Waals surface area contributed by atoms with E-state index in [1.807, 2.05) is 33.2 Å². The van der Waals surface area contributed by atoms with Gasteiger partial charge >= 0.3 is 0 Å². The molecular weight excluding hydrogens is 248 g/mol. The van der Waals surface area contributed by atoms with Gasteiger partial charge in [-0.2, -0.15) is 11.8 Å². The minimum atomic E-state index is 0.148. The van der Waals surface area contributed by atoms with Gasteiger partial charge in [-0.15, -0.1) is 0 Å². The quantitative estimate of drug-likeness (QED) is 0.699. The third kappa shape index (κ3) is 4.03. The van der Waals surface area contributed by atoms with Crippen molar-refractivity contribution < 1.29 is 5.11 Å². The fraction of sp³-hybridized carbons (Fsp3) is 0.667. The number of thioether (sulfide) groups is 1. The lowest BCUT2D eigenvalue weighted by molar-refractivity contribution is 0.288. The summed E-state index contributed by atoms with van der Waals surface area (Å²) in [6.45, 7) is 4.23. The number of anilines is 2.